The van der Waals surface area contributed by atoms with Crippen molar-refractivity contribution in [3.8, 4) is 28.5 Å². The van der Waals surface area contributed by atoms with Crippen molar-refractivity contribution in [3.63, 3.8) is 0 Å². The summed E-state index contributed by atoms with van der Waals surface area (Å²) in [6.45, 7) is 1.12. The lowest BCUT2D eigenvalue weighted by Gasteiger charge is -2.36. The van der Waals surface area contributed by atoms with Crippen molar-refractivity contribution in [3.05, 3.63) is 17.0 Å². The third kappa shape index (κ3) is 1.56. The first kappa shape index (κ1) is 12.6. The molecule has 2 aromatic rings. The maximum atomic E-state index is 6.53. The zero-order valence-electron chi connectivity index (χ0n) is 12.1. The van der Waals surface area contributed by atoms with E-state index in [0.717, 1.165) is 35.6 Å². The van der Waals surface area contributed by atoms with E-state index in [0.29, 0.717) is 24.1 Å². The Morgan fingerprint density at radius 3 is 2.77 bits per heavy atom. The van der Waals surface area contributed by atoms with Crippen LogP contribution in [-0.4, -0.2) is 18.2 Å². The molecule has 1 aromatic carbocycles. The zero-order valence-corrected chi connectivity index (χ0v) is 12.9. The number of nitrogen functional groups attached to an aromatic ring is 1. The molecule has 0 bridgehead atoms. The maximum absolute atomic E-state index is 6.53. The fourth-order valence-corrected chi connectivity index (χ4v) is 4.75. The molecule has 0 amide bonds. The summed E-state index contributed by atoms with van der Waals surface area (Å²) in [6.07, 6.45) is 4.34. The van der Waals surface area contributed by atoms with E-state index in [9.17, 15) is 0 Å². The number of benzene rings is 1. The Morgan fingerprint density at radius 1 is 1.09 bits per heavy atom. The molecule has 0 unspecified atom stereocenters. The van der Waals surface area contributed by atoms with Crippen LogP contribution < -0.4 is 19.9 Å². The van der Waals surface area contributed by atoms with Gasteiger partial charge in [-0.1, -0.05) is 11.3 Å². The summed E-state index contributed by atoms with van der Waals surface area (Å²) >= 11 is 1.56. The van der Waals surface area contributed by atoms with Gasteiger partial charge in [-0.15, -0.1) is 0 Å². The lowest BCUT2D eigenvalue weighted by Crippen LogP contribution is -2.32. The van der Waals surface area contributed by atoms with Crippen LogP contribution in [0.3, 0.4) is 0 Å². The topological polar surface area (TPSA) is 66.6 Å². The minimum atomic E-state index is -0.284. The largest absolute Gasteiger partial charge is 0.486 e. The fourth-order valence-electron chi connectivity index (χ4n) is 3.72. The SMILES string of the molecule is Nc1nc2c(s1)C1(CCCC1)Oc1c-2ccc2c1OCCO2. The summed E-state index contributed by atoms with van der Waals surface area (Å²) < 4.78 is 18.1. The number of nitrogens with two attached hydrogens (primary N) is 1. The molecular weight excluding hydrogens is 300 g/mol. The van der Waals surface area contributed by atoms with Crippen LogP contribution in [0.25, 0.3) is 11.3 Å². The first-order chi connectivity index (χ1) is 10.8. The van der Waals surface area contributed by atoms with Crippen molar-refractivity contribution in [2.45, 2.75) is 31.3 Å². The van der Waals surface area contributed by atoms with Gasteiger partial charge in [0.15, 0.2) is 16.6 Å². The Morgan fingerprint density at radius 2 is 1.91 bits per heavy atom. The van der Waals surface area contributed by atoms with Gasteiger partial charge >= 0.3 is 0 Å². The highest BCUT2D eigenvalue weighted by Crippen LogP contribution is 2.58. The highest BCUT2D eigenvalue weighted by atomic mass is 32.1. The summed E-state index contributed by atoms with van der Waals surface area (Å²) in [7, 11) is 0. The van der Waals surface area contributed by atoms with Crippen molar-refractivity contribution < 1.29 is 14.2 Å². The monoisotopic (exact) mass is 316 g/mol. The van der Waals surface area contributed by atoms with Crippen LogP contribution in [0, 0.1) is 0 Å². The maximum Gasteiger partial charge on any atom is 0.204 e. The Labute approximate surface area is 132 Å². The molecular formula is C16H16N2O3S. The minimum absolute atomic E-state index is 0.284. The Hall–Kier alpha value is -1.95. The van der Waals surface area contributed by atoms with Gasteiger partial charge in [-0.2, -0.15) is 0 Å². The average molecular weight is 316 g/mol. The summed E-state index contributed by atoms with van der Waals surface area (Å²) in [6, 6.07) is 3.94. The average Bonchev–Trinajstić information content (AvgIpc) is 3.15. The van der Waals surface area contributed by atoms with Crippen molar-refractivity contribution in [2.75, 3.05) is 18.9 Å². The molecule has 22 heavy (non-hydrogen) atoms. The number of hydrogen-bond acceptors (Lipinski definition) is 6. The number of aromatic nitrogens is 1. The van der Waals surface area contributed by atoms with E-state index in [1.807, 2.05) is 12.1 Å². The molecule has 0 saturated heterocycles. The van der Waals surface area contributed by atoms with Crippen LogP contribution in [0.4, 0.5) is 5.13 Å². The van der Waals surface area contributed by atoms with Gasteiger partial charge in [-0.3, -0.25) is 0 Å². The summed E-state index contributed by atoms with van der Waals surface area (Å²) in [5.74, 6) is 2.24. The van der Waals surface area contributed by atoms with E-state index < -0.39 is 0 Å². The number of ether oxygens (including phenoxy) is 3. The highest BCUT2D eigenvalue weighted by molar-refractivity contribution is 7.16. The number of fused-ring (bicyclic) bond motifs is 6. The third-order valence-electron chi connectivity index (χ3n) is 4.68. The van der Waals surface area contributed by atoms with Crippen LogP contribution in [0.15, 0.2) is 12.1 Å². The lowest BCUT2D eigenvalue weighted by molar-refractivity contribution is 0.0650. The number of hydrogen-bond donors (Lipinski definition) is 1. The second-order valence-electron chi connectivity index (χ2n) is 6.00. The number of rotatable bonds is 0. The lowest BCUT2D eigenvalue weighted by atomic mass is 9.92. The minimum Gasteiger partial charge on any atom is -0.486 e. The molecule has 5 rings (SSSR count). The number of thiazole rings is 1. The molecule has 0 atom stereocenters. The van der Waals surface area contributed by atoms with Crippen molar-refractivity contribution in [2.24, 2.45) is 0 Å². The van der Waals surface area contributed by atoms with Crippen LogP contribution in [0.5, 0.6) is 17.2 Å². The molecule has 114 valence electrons. The van der Waals surface area contributed by atoms with E-state index in [4.69, 9.17) is 19.9 Å². The molecule has 3 heterocycles. The molecule has 1 aliphatic carbocycles. The van der Waals surface area contributed by atoms with Crippen molar-refractivity contribution >= 4 is 16.5 Å². The first-order valence-corrected chi connectivity index (χ1v) is 8.47. The van der Waals surface area contributed by atoms with Crippen LogP contribution >= 0.6 is 11.3 Å². The van der Waals surface area contributed by atoms with Gasteiger partial charge in [0.05, 0.1) is 10.6 Å². The van der Waals surface area contributed by atoms with Crippen LogP contribution in [0.2, 0.25) is 0 Å². The molecule has 3 aliphatic rings. The Balaban J connectivity index is 1.78. The molecule has 2 aliphatic heterocycles. The first-order valence-electron chi connectivity index (χ1n) is 7.66. The second kappa shape index (κ2) is 4.29. The van der Waals surface area contributed by atoms with Gasteiger partial charge < -0.3 is 19.9 Å². The molecule has 2 N–H and O–H groups in total. The Bertz CT molecular complexity index is 765. The highest BCUT2D eigenvalue weighted by Gasteiger charge is 2.47. The summed E-state index contributed by atoms with van der Waals surface area (Å²) in [4.78, 5) is 5.75. The third-order valence-corrected chi connectivity index (χ3v) is 5.75. The van der Waals surface area contributed by atoms with Gasteiger partial charge in [-0.25, -0.2) is 4.98 Å². The Kier molecular flexibility index (Phi) is 2.45. The zero-order chi connectivity index (χ0) is 14.7. The molecule has 1 spiro atoms. The van der Waals surface area contributed by atoms with E-state index >= 15 is 0 Å². The van der Waals surface area contributed by atoms with Crippen LogP contribution in [0.1, 0.15) is 30.6 Å². The smallest absolute Gasteiger partial charge is 0.204 e. The van der Waals surface area contributed by atoms with Gasteiger partial charge in [0.25, 0.3) is 0 Å². The molecule has 1 saturated carbocycles. The van der Waals surface area contributed by atoms with E-state index in [1.165, 1.54) is 17.7 Å². The van der Waals surface area contributed by atoms with Crippen molar-refractivity contribution in [1.29, 1.82) is 0 Å². The molecule has 1 aromatic heterocycles. The molecule has 5 nitrogen and oxygen atoms in total. The summed E-state index contributed by atoms with van der Waals surface area (Å²) in [5.41, 5.74) is 7.64. The predicted molar refractivity (Wildman–Crippen MR) is 83.7 cm³/mol. The summed E-state index contributed by atoms with van der Waals surface area (Å²) in [5, 5.41) is 0.600. The van der Waals surface area contributed by atoms with Crippen molar-refractivity contribution in [1.82, 2.24) is 4.98 Å². The normalized spacial score (nSPS) is 20.4. The number of nitrogens with zero attached hydrogens (tertiary/aromatic N) is 1. The van der Waals surface area contributed by atoms with Gasteiger partial charge in [0, 0.05) is 5.56 Å². The fraction of sp³-hybridized carbons (Fsp3) is 0.438. The van der Waals surface area contributed by atoms with Gasteiger partial charge in [0.2, 0.25) is 5.75 Å². The van der Waals surface area contributed by atoms with E-state index in [-0.39, 0.29) is 5.60 Å². The molecule has 6 heteroatoms. The molecule has 0 radical (unpaired) electrons. The quantitative estimate of drug-likeness (QED) is 0.807. The standard InChI is InChI=1S/C16H16N2O3S/c17-15-18-11-9-3-4-10-13(20-8-7-19-10)12(9)21-16(14(11)22-15)5-1-2-6-16/h3-4H,1-2,5-8H2,(H2,17,18). The van der Waals surface area contributed by atoms with Crippen LogP contribution in [-0.2, 0) is 5.60 Å². The predicted octanol–water partition coefficient (Wildman–Crippen LogP) is 3.33. The van der Waals surface area contributed by atoms with Gasteiger partial charge in [-0.05, 0) is 37.8 Å². The van der Waals surface area contributed by atoms with Gasteiger partial charge in [0.1, 0.15) is 18.8 Å². The van der Waals surface area contributed by atoms with E-state index in [2.05, 4.69) is 4.98 Å². The van der Waals surface area contributed by atoms with E-state index in [1.54, 1.807) is 11.3 Å². The number of anilines is 1. The second-order valence-corrected chi connectivity index (χ2v) is 7.03. The molecule has 1 fully saturated rings.